The number of nitrogens with zero attached hydrogens (tertiary/aromatic N) is 2. The van der Waals surface area contributed by atoms with E-state index in [1.54, 1.807) is 30.3 Å². The van der Waals surface area contributed by atoms with Crippen molar-refractivity contribution in [1.29, 1.82) is 0 Å². The summed E-state index contributed by atoms with van der Waals surface area (Å²) in [5.74, 6) is -0.630. The Hall–Kier alpha value is -3.68. The summed E-state index contributed by atoms with van der Waals surface area (Å²) in [6, 6.07) is 9.38. The van der Waals surface area contributed by atoms with Crippen LogP contribution in [0.4, 0.5) is 10.2 Å². The van der Waals surface area contributed by atoms with Gasteiger partial charge < -0.3 is 15.9 Å². The standard InChI is InChI=1S/C21H19FN4O3/c1-21(2)10-15-18(20(28)25-21)17(13-5-3-4-6-14(13)22)19(26(15)29-11-27)12-7-8-24-16(23)9-12/h3-9,11H,10H2,1-2H3,(H2,23,24)(H,25,28). The van der Waals surface area contributed by atoms with E-state index in [-0.39, 0.29) is 29.3 Å². The average Bonchev–Trinajstić information content (AvgIpc) is 2.95. The van der Waals surface area contributed by atoms with Crippen LogP contribution in [0.5, 0.6) is 0 Å². The summed E-state index contributed by atoms with van der Waals surface area (Å²) in [6.45, 7) is 4.00. The minimum atomic E-state index is -0.576. The lowest BCUT2D eigenvalue weighted by atomic mass is 9.88. The highest BCUT2D eigenvalue weighted by atomic mass is 19.1. The molecule has 0 saturated heterocycles. The summed E-state index contributed by atoms with van der Waals surface area (Å²) < 4.78 is 16.1. The van der Waals surface area contributed by atoms with Gasteiger partial charge in [0.05, 0.1) is 17.0 Å². The fraction of sp³-hybridized carbons (Fsp3) is 0.190. The van der Waals surface area contributed by atoms with Gasteiger partial charge in [-0.2, -0.15) is 4.73 Å². The SMILES string of the molecule is CC1(C)Cc2c(c(-c3ccccc3F)c(-c3ccnc(N)c3)n2OC=O)C(=O)N1. The van der Waals surface area contributed by atoms with Gasteiger partial charge in [-0.05, 0) is 32.0 Å². The van der Waals surface area contributed by atoms with Crippen molar-refractivity contribution < 1.29 is 18.8 Å². The second-order valence-electron chi connectivity index (χ2n) is 7.51. The largest absolute Gasteiger partial charge is 0.384 e. The van der Waals surface area contributed by atoms with Gasteiger partial charge >= 0.3 is 6.47 Å². The Morgan fingerprint density at radius 2 is 2.03 bits per heavy atom. The quantitative estimate of drug-likeness (QED) is 0.663. The molecule has 4 rings (SSSR count). The van der Waals surface area contributed by atoms with Crippen molar-refractivity contribution in [3.63, 3.8) is 0 Å². The molecule has 0 saturated carbocycles. The van der Waals surface area contributed by atoms with E-state index in [0.717, 1.165) is 0 Å². The number of fused-ring (bicyclic) bond motifs is 1. The number of aromatic nitrogens is 2. The fourth-order valence-corrected chi connectivity index (χ4v) is 3.78. The first-order valence-corrected chi connectivity index (χ1v) is 9.00. The molecule has 0 bridgehead atoms. The maximum atomic E-state index is 14.8. The van der Waals surface area contributed by atoms with Crippen molar-refractivity contribution in [2.75, 3.05) is 5.73 Å². The Bertz CT molecular complexity index is 1140. The van der Waals surface area contributed by atoms with Gasteiger partial charge in [0.1, 0.15) is 11.6 Å². The van der Waals surface area contributed by atoms with Gasteiger partial charge in [-0.1, -0.05) is 18.2 Å². The summed E-state index contributed by atoms with van der Waals surface area (Å²) in [5, 5.41) is 2.93. The van der Waals surface area contributed by atoms with E-state index < -0.39 is 11.4 Å². The third kappa shape index (κ3) is 3.12. The molecule has 0 radical (unpaired) electrons. The lowest BCUT2D eigenvalue weighted by Crippen LogP contribution is -2.49. The first kappa shape index (κ1) is 18.7. The monoisotopic (exact) mass is 394 g/mol. The number of nitrogen functional groups attached to an aromatic ring is 1. The smallest absolute Gasteiger partial charge is 0.321 e. The molecule has 2 aromatic heterocycles. The minimum Gasteiger partial charge on any atom is -0.384 e. The Morgan fingerprint density at radius 3 is 2.72 bits per heavy atom. The number of nitrogens with one attached hydrogen (secondary N) is 1. The molecule has 0 spiro atoms. The van der Waals surface area contributed by atoms with Gasteiger partial charge in [-0.25, -0.2) is 9.37 Å². The van der Waals surface area contributed by atoms with Crippen molar-refractivity contribution in [2.24, 2.45) is 0 Å². The molecule has 0 aliphatic carbocycles. The van der Waals surface area contributed by atoms with E-state index in [1.807, 2.05) is 13.8 Å². The highest BCUT2D eigenvalue weighted by Gasteiger charge is 2.39. The maximum absolute atomic E-state index is 14.8. The lowest BCUT2D eigenvalue weighted by molar-refractivity contribution is -0.129. The summed E-state index contributed by atoms with van der Waals surface area (Å²) in [7, 11) is 0. The Balaban J connectivity index is 2.14. The molecule has 7 nitrogen and oxygen atoms in total. The summed E-state index contributed by atoms with van der Waals surface area (Å²) in [4.78, 5) is 33.6. The number of benzene rings is 1. The minimum absolute atomic E-state index is 0.220. The van der Waals surface area contributed by atoms with E-state index in [0.29, 0.717) is 28.9 Å². The van der Waals surface area contributed by atoms with Crippen LogP contribution >= 0.6 is 0 Å². The zero-order chi connectivity index (χ0) is 20.8. The molecule has 148 valence electrons. The summed E-state index contributed by atoms with van der Waals surface area (Å²) >= 11 is 0. The third-order valence-electron chi connectivity index (χ3n) is 4.86. The molecule has 3 aromatic rings. The number of hydrogen-bond acceptors (Lipinski definition) is 5. The molecule has 3 N–H and O–H groups in total. The van der Waals surface area contributed by atoms with Crippen molar-refractivity contribution in [2.45, 2.75) is 25.8 Å². The Kier molecular flexibility index (Phi) is 4.34. The third-order valence-corrected chi connectivity index (χ3v) is 4.86. The number of halogens is 1. The number of hydrogen-bond donors (Lipinski definition) is 2. The molecule has 8 heteroatoms. The highest BCUT2D eigenvalue weighted by Crippen LogP contribution is 2.42. The van der Waals surface area contributed by atoms with E-state index in [9.17, 15) is 14.0 Å². The molecular formula is C21H19FN4O3. The number of anilines is 1. The van der Waals surface area contributed by atoms with E-state index >= 15 is 0 Å². The molecule has 29 heavy (non-hydrogen) atoms. The number of amides is 1. The second kappa shape index (κ2) is 6.73. The molecule has 1 aromatic carbocycles. The van der Waals surface area contributed by atoms with Crippen molar-refractivity contribution >= 4 is 18.2 Å². The van der Waals surface area contributed by atoms with Crippen LogP contribution in [0, 0.1) is 5.82 Å². The Labute approximate surface area is 166 Å². The summed E-state index contributed by atoms with van der Waals surface area (Å²) in [5.41, 5.74) is 7.46. The number of rotatable bonds is 4. The number of carbonyl (C=O) groups is 2. The molecule has 3 heterocycles. The van der Waals surface area contributed by atoms with Crippen LogP contribution in [0.25, 0.3) is 22.4 Å². The summed E-state index contributed by atoms with van der Waals surface area (Å²) in [6.07, 6.45) is 1.88. The van der Waals surface area contributed by atoms with E-state index in [4.69, 9.17) is 10.6 Å². The zero-order valence-electron chi connectivity index (χ0n) is 15.9. The van der Waals surface area contributed by atoms with Gasteiger partial charge in [-0.15, -0.1) is 0 Å². The van der Waals surface area contributed by atoms with Crippen LogP contribution in [-0.2, 0) is 11.2 Å². The first-order chi connectivity index (χ1) is 13.8. The van der Waals surface area contributed by atoms with Gasteiger partial charge in [0.2, 0.25) is 0 Å². The van der Waals surface area contributed by atoms with E-state index in [2.05, 4.69) is 10.3 Å². The number of carbonyl (C=O) groups excluding carboxylic acids is 2. The van der Waals surface area contributed by atoms with Gasteiger partial charge in [-0.3, -0.25) is 9.59 Å². The van der Waals surface area contributed by atoms with Crippen molar-refractivity contribution in [3.8, 4) is 22.4 Å². The number of nitrogens with two attached hydrogens (primary N) is 1. The Morgan fingerprint density at radius 1 is 1.28 bits per heavy atom. The van der Waals surface area contributed by atoms with Gasteiger partial charge in [0.25, 0.3) is 5.91 Å². The molecule has 1 aliphatic heterocycles. The average molecular weight is 394 g/mol. The van der Waals surface area contributed by atoms with Gasteiger partial charge in [0.15, 0.2) is 0 Å². The van der Waals surface area contributed by atoms with Crippen LogP contribution in [0.3, 0.4) is 0 Å². The molecular weight excluding hydrogens is 375 g/mol. The number of pyridine rings is 1. The van der Waals surface area contributed by atoms with E-state index in [1.165, 1.54) is 17.0 Å². The maximum Gasteiger partial charge on any atom is 0.321 e. The molecule has 0 atom stereocenters. The second-order valence-corrected chi connectivity index (χ2v) is 7.51. The van der Waals surface area contributed by atoms with Crippen LogP contribution in [0.1, 0.15) is 29.9 Å². The molecule has 1 amide bonds. The predicted octanol–water partition coefficient (Wildman–Crippen LogP) is 2.59. The van der Waals surface area contributed by atoms with Crippen molar-refractivity contribution in [1.82, 2.24) is 15.0 Å². The predicted molar refractivity (Wildman–Crippen MR) is 105 cm³/mol. The van der Waals surface area contributed by atoms with Crippen molar-refractivity contribution in [3.05, 3.63) is 59.7 Å². The molecule has 0 fully saturated rings. The van der Waals surface area contributed by atoms with Crippen LogP contribution in [0.2, 0.25) is 0 Å². The zero-order valence-corrected chi connectivity index (χ0v) is 15.9. The normalized spacial score (nSPS) is 14.8. The van der Waals surface area contributed by atoms with Crippen LogP contribution < -0.4 is 15.9 Å². The fourth-order valence-electron chi connectivity index (χ4n) is 3.78. The molecule has 0 unspecified atom stereocenters. The van der Waals surface area contributed by atoms with Crippen LogP contribution in [-0.4, -0.2) is 27.6 Å². The molecule has 1 aliphatic rings. The lowest BCUT2D eigenvalue weighted by Gasteiger charge is -2.31. The van der Waals surface area contributed by atoms with Gasteiger partial charge in [0, 0.05) is 34.8 Å². The first-order valence-electron chi connectivity index (χ1n) is 9.00. The highest BCUT2D eigenvalue weighted by molar-refractivity contribution is 6.07. The topological polar surface area (TPSA) is 99.2 Å². The van der Waals surface area contributed by atoms with Crippen LogP contribution in [0.15, 0.2) is 42.6 Å².